The molecule has 0 aliphatic carbocycles. The first kappa shape index (κ1) is 11.7. The fourth-order valence-electron chi connectivity index (χ4n) is 1.56. The normalized spacial score (nSPS) is 23.9. The molecule has 0 spiro atoms. The fraction of sp³-hybridized carbons (Fsp3) is 0.273. The summed E-state index contributed by atoms with van der Waals surface area (Å²) in [5.74, 6) is 0.364. The van der Waals surface area contributed by atoms with Gasteiger partial charge in [0.15, 0.2) is 0 Å². The molecule has 15 heavy (non-hydrogen) atoms. The van der Waals surface area contributed by atoms with Crippen LogP contribution in [0.5, 0.6) is 0 Å². The van der Waals surface area contributed by atoms with E-state index < -0.39 is 0 Å². The molecule has 2 atom stereocenters. The number of nitrogens with one attached hydrogen (secondary N) is 1. The van der Waals surface area contributed by atoms with Crippen molar-refractivity contribution in [1.29, 1.82) is 5.26 Å². The van der Waals surface area contributed by atoms with Gasteiger partial charge in [0.1, 0.15) is 6.04 Å². The Balaban J connectivity index is 0.00000112. The third-order valence-electron chi connectivity index (χ3n) is 2.37. The van der Waals surface area contributed by atoms with Gasteiger partial charge < -0.3 is 0 Å². The van der Waals surface area contributed by atoms with Crippen LogP contribution in [0.3, 0.4) is 0 Å². The molecule has 3 nitrogen and oxygen atoms in total. The van der Waals surface area contributed by atoms with E-state index in [0.29, 0.717) is 5.92 Å². The molecule has 2 heterocycles. The van der Waals surface area contributed by atoms with E-state index in [2.05, 4.69) is 22.4 Å². The lowest BCUT2D eigenvalue weighted by Crippen LogP contribution is -2.33. The van der Waals surface area contributed by atoms with Crippen molar-refractivity contribution >= 4 is 12.4 Å². The lowest BCUT2D eigenvalue weighted by Gasteiger charge is -2.20. The summed E-state index contributed by atoms with van der Waals surface area (Å²) in [5, 5.41) is 11.8. The van der Waals surface area contributed by atoms with Crippen LogP contribution in [0.2, 0.25) is 0 Å². The van der Waals surface area contributed by atoms with E-state index in [1.165, 1.54) is 5.56 Å². The smallest absolute Gasteiger partial charge is 0.114 e. The number of nitrogens with zero attached hydrogens (tertiary/aromatic N) is 2. The highest BCUT2D eigenvalue weighted by atomic mass is 35.5. The van der Waals surface area contributed by atoms with Crippen molar-refractivity contribution in [1.82, 2.24) is 10.3 Å². The van der Waals surface area contributed by atoms with Crippen molar-refractivity contribution in [2.45, 2.75) is 12.0 Å². The molecule has 0 saturated carbocycles. The molecule has 1 aromatic heterocycles. The zero-order chi connectivity index (χ0) is 9.80. The summed E-state index contributed by atoms with van der Waals surface area (Å²) in [7, 11) is 0. The van der Waals surface area contributed by atoms with E-state index in [-0.39, 0.29) is 18.4 Å². The van der Waals surface area contributed by atoms with E-state index in [1.807, 2.05) is 18.2 Å². The summed E-state index contributed by atoms with van der Waals surface area (Å²) in [6.07, 6.45) is 7.58. The van der Waals surface area contributed by atoms with Crippen molar-refractivity contribution in [3.05, 3.63) is 42.2 Å². The van der Waals surface area contributed by atoms with Gasteiger partial charge in [0, 0.05) is 24.9 Å². The maximum atomic E-state index is 8.67. The minimum absolute atomic E-state index is 0. The van der Waals surface area contributed by atoms with Gasteiger partial charge in [-0.25, -0.2) is 0 Å². The number of pyridine rings is 1. The van der Waals surface area contributed by atoms with Crippen molar-refractivity contribution in [2.24, 2.45) is 0 Å². The third-order valence-corrected chi connectivity index (χ3v) is 2.37. The minimum atomic E-state index is -0.131. The van der Waals surface area contributed by atoms with Crippen LogP contribution in [0, 0.1) is 11.3 Å². The van der Waals surface area contributed by atoms with Crippen LogP contribution in [-0.4, -0.2) is 17.6 Å². The van der Waals surface area contributed by atoms with E-state index in [0.717, 1.165) is 6.54 Å². The molecular formula is C11H12ClN3. The van der Waals surface area contributed by atoms with Crippen LogP contribution >= 0.6 is 12.4 Å². The second kappa shape index (κ2) is 5.50. The van der Waals surface area contributed by atoms with E-state index >= 15 is 0 Å². The molecule has 1 aromatic rings. The predicted molar refractivity (Wildman–Crippen MR) is 60.8 cm³/mol. The van der Waals surface area contributed by atoms with Gasteiger partial charge in [-0.15, -0.1) is 12.4 Å². The van der Waals surface area contributed by atoms with Crippen LogP contribution in [0.25, 0.3) is 0 Å². The molecule has 1 N–H and O–H groups in total. The summed E-state index contributed by atoms with van der Waals surface area (Å²) in [6.45, 7) is 0.818. The maximum Gasteiger partial charge on any atom is 0.114 e. The Morgan fingerprint density at radius 1 is 1.33 bits per heavy atom. The van der Waals surface area contributed by atoms with Gasteiger partial charge in [-0.05, 0) is 17.7 Å². The highest BCUT2D eigenvalue weighted by Gasteiger charge is 2.15. The quantitative estimate of drug-likeness (QED) is 0.734. The lowest BCUT2D eigenvalue weighted by atomic mass is 9.96. The zero-order valence-corrected chi connectivity index (χ0v) is 8.95. The molecule has 0 saturated heterocycles. The average molecular weight is 222 g/mol. The molecule has 0 fully saturated rings. The van der Waals surface area contributed by atoms with E-state index in [9.17, 15) is 0 Å². The topological polar surface area (TPSA) is 48.7 Å². The molecule has 4 heteroatoms. The van der Waals surface area contributed by atoms with Gasteiger partial charge in [-0.3, -0.25) is 10.3 Å². The van der Waals surface area contributed by atoms with Crippen LogP contribution < -0.4 is 5.32 Å². The largest absolute Gasteiger partial charge is 0.298 e. The molecule has 2 unspecified atom stereocenters. The number of aromatic nitrogens is 1. The highest BCUT2D eigenvalue weighted by molar-refractivity contribution is 5.85. The Morgan fingerprint density at radius 3 is 2.60 bits per heavy atom. The van der Waals surface area contributed by atoms with Crippen LogP contribution in [0.4, 0.5) is 0 Å². The number of halogens is 1. The summed E-state index contributed by atoms with van der Waals surface area (Å²) in [5.41, 5.74) is 1.24. The molecule has 1 aliphatic heterocycles. The van der Waals surface area contributed by atoms with Gasteiger partial charge in [-0.2, -0.15) is 5.26 Å². The molecule has 0 radical (unpaired) electrons. The molecule has 1 aliphatic rings. The van der Waals surface area contributed by atoms with Crippen LogP contribution in [0.1, 0.15) is 11.5 Å². The Kier molecular flexibility index (Phi) is 4.29. The van der Waals surface area contributed by atoms with Gasteiger partial charge >= 0.3 is 0 Å². The number of rotatable bonds is 1. The number of nitriles is 1. The number of hydrogen-bond donors (Lipinski definition) is 1. The SMILES string of the molecule is Cl.N#CC1C=CC(c2ccncc2)CN1. The van der Waals surface area contributed by atoms with E-state index in [1.54, 1.807) is 12.4 Å². The van der Waals surface area contributed by atoms with Gasteiger partial charge in [0.05, 0.1) is 6.07 Å². The summed E-state index contributed by atoms with van der Waals surface area (Å²) in [4.78, 5) is 3.97. The van der Waals surface area contributed by atoms with Crippen molar-refractivity contribution in [3.63, 3.8) is 0 Å². The summed E-state index contributed by atoms with van der Waals surface area (Å²) < 4.78 is 0. The standard InChI is InChI=1S/C11H11N3.ClH/c12-7-11-2-1-10(8-14-11)9-3-5-13-6-4-9;/h1-6,10-11,14H,8H2;1H. The van der Waals surface area contributed by atoms with Gasteiger partial charge in [-0.1, -0.05) is 12.2 Å². The first-order valence-corrected chi connectivity index (χ1v) is 4.61. The molecule has 0 amide bonds. The summed E-state index contributed by atoms with van der Waals surface area (Å²) in [6, 6.07) is 6.04. The van der Waals surface area contributed by atoms with Gasteiger partial charge in [0.25, 0.3) is 0 Å². The van der Waals surface area contributed by atoms with Crippen LogP contribution in [-0.2, 0) is 0 Å². The Bertz CT molecular complexity index is 369. The molecule has 2 rings (SSSR count). The zero-order valence-electron chi connectivity index (χ0n) is 8.13. The second-order valence-corrected chi connectivity index (χ2v) is 3.29. The van der Waals surface area contributed by atoms with Gasteiger partial charge in [0.2, 0.25) is 0 Å². The molecule has 78 valence electrons. The molecule has 0 bridgehead atoms. The molecular weight excluding hydrogens is 210 g/mol. The maximum absolute atomic E-state index is 8.67. The monoisotopic (exact) mass is 221 g/mol. The van der Waals surface area contributed by atoms with Crippen molar-refractivity contribution in [3.8, 4) is 6.07 Å². The first-order chi connectivity index (χ1) is 6.90. The average Bonchev–Trinajstić information content (AvgIpc) is 2.30. The lowest BCUT2D eigenvalue weighted by molar-refractivity contribution is 0.609. The Morgan fingerprint density at radius 2 is 2.07 bits per heavy atom. The summed E-state index contributed by atoms with van der Waals surface area (Å²) >= 11 is 0. The molecule has 0 aromatic carbocycles. The van der Waals surface area contributed by atoms with Crippen molar-refractivity contribution < 1.29 is 0 Å². The van der Waals surface area contributed by atoms with Crippen LogP contribution in [0.15, 0.2) is 36.7 Å². The van der Waals surface area contributed by atoms with Crippen molar-refractivity contribution in [2.75, 3.05) is 6.54 Å². The second-order valence-electron chi connectivity index (χ2n) is 3.29. The minimum Gasteiger partial charge on any atom is -0.298 e. The predicted octanol–water partition coefficient (Wildman–Crippen LogP) is 1.64. The first-order valence-electron chi connectivity index (χ1n) is 4.61. The Labute approximate surface area is 95.2 Å². The Hall–Kier alpha value is -1.37. The third kappa shape index (κ3) is 2.79. The highest BCUT2D eigenvalue weighted by Crippen LogP contribution is 2.18. The number of hydrogen-bond acceptors (Lipinski definition) is 3. The van der Waals surface area contributed by atoms with E-state index in [4.69, 9.17) is 5.26 Å². The fourth-order valence-corrected chi connectivity index (χ4v) is 1.56.